The van der Waals surface area contributed by atoms with Crippen molar-refractivity contribution in [3.63, 3.8) is 0 Å². The zero-order chi connectivity index (χ0) is 12.7. The molecule has 0 amide bonds. The van der Waals surface area contributed by atoms with E-state index in [4.69, 9.17) is 4.74 Å². The summed E-state index contributed by atoms with van der Waals surface area (Å²) in [6.07, 6.45) is 4.74. The molecule has 0 spiro atoms. The van der Waals surface area contributed by atoms with E-state index in [0.717, 1.165) is 19.6 Å². The fraction of sp³-hybridized carbons (Fsp3) is 1.00. The summed E-state index contributed by atoms with van der Waals surface area (Å²) in [6, 6.07) is 0.669. The van der Waals surface area contributed by atoms with Crippen molar-refractivity contribution in [3.8, 4) is 0 Å². The smallest absolute Gasteiger partial charge is 0.0678 e. The Kier molecular flexibility index (Phi) is 7.09. The fourth-order valence-electron chi connectivity index (χ4n) is 2.70. The van der Waals surface area contributed by atoms with Crippen LogP contribution in [0.5, 0.6) is 0 Å². The first-order valence-electron chi connectivity index (χ1n) is 7.23. The van der Waals surface area contributed by atoms with Gasteiger partial charge in [-0.05, 0) is 46.7 Å². The van der Waals surface area contributed by atoms with Crippen molar-refractivity contribution >= 4 is 0 Å². The Labute approximate surface area is 107 Å². The monoisotopic (exact) mass is 242 g/mol. The molecule has 1 saturated heterocycles. The Balaban J connectivity index is 2.06. The lowest BCUT2D eigenvalue weighted by Gasteiger charge is -2.35. The highest BCUT2D eigenvalue weighted by Gasteiger charge is 2.21. The second-order valence-electron chi connectivity index (χ2n) is 5.47. The van der Waals surface area contributed by atoms with Crippen molar-refractivity contribution in [3.05, 3.63) is 0 Å². The van der Waals surface area contributed by atoms with Crippen LogP contribution in [0.2, 0.25) is 0 Å². The van der Waals surface area contributed by atoms with Crippen molar-refractivity contribution in [2.24, 2.45) is 0 Å². The van der Waals surface area contributed by atoms with E-state index in [1.54, 1.807) is 0 Å². The molecule has 1 aliphatic heterocycles. The molecule has 1 rings (SSSR count). The van der Waals surface area contributed by atoms with Crippen molar-refractivity contribution < 1.29 is 4.74 Å². The molecule has 102 valence electrons. The van der Waals surface area contributed by atoms with Crippen LogP contribution < -0.4 is 5.32 Å². The standard InChI is InChI=1S/C14H30N2O/c1-5-15-12(2)8-6-7-9-16-10-13(3)17-14(4)11-16/h12-15H,5-11H2,1-4H3. The van der Waals surface area contributed by atoms with Crippen molar-refractivity contribution in [1.82, 2.24) is 10.2 Å². The average molecular weight is 242 g/mol. The van der Waals surface area contributed by atoms with E-state index in [1.807, 2.05) is 0 Å². The van der Waals surface area contributed by atoms with Gasteiger partial charge in [-0.2, -0.15) is 0 Å². The summed E-state index contributed by atoms with van der Waals surface area (Å²) >= 11 is 0. The molecule has 3 unspecified atom stereocenters. The summed E-state index contributed by atoms with van der Waals surface area (Å²) in [5.74, 6) is 0. The van der Waals surface area contributed by atoms with Crippen LogP contribution in [0.3, 0.4) is 0 Å². The van der Waals surface area contributed by atoms with Crippen molar-refractivity contribution in [2.45, 2.75) is 65.2 Å². The van der Waals surface area contributed by atoms with Crippen LogP contribution in [-0.2, 0) is 4.74 Å². The highest BCUT2D eigenvalue weighted by atomic mass is 16.5. The van der Waals surface area contributed by atoms with Gasteiger partial charge in [-0.25, -0.2) is 0 Å². The molecule has 3 atom stereocenters. The summed E-state index contributed by atoms with van der Waals surface area (Å²) in [4.78, 5) is 2.55. The van der Waals surface area contributed by atoms with E-state index in [0.29, 0.717) is 18.2 Å². The summed E-state index contributed by atoms with van der Waals surface area (Å²) in [6.45, 7) is 13.3. The van der Waals surface area contributed by atoms with Gasteiger partial charge < -0.3 is 10.1 Å². The highest BCUT2D eigenvalue weighted by molar-refractivity contribution is 4.73. The molecule has 3 heteroatoms. The minimum Gasteiger partial charge on any atom is -0.373 e. The Hall–Kier alpha value is -0.120. The van der Waals surface area contributed by atoms with Crippen LogP contribution in [0.4, 0.5) is 0 Å². The Morgan fingerprint density at radius 3 is 2.47 bits per heavy atom. The fourth-order valence-corrected chi connectivity index (χ4v) is 2.70. The Morgan fingerprint density at radius 1 is 1.24 bits per heavy atom. The number of morpholine rings is 1. The second kappa shape index (κ2) is 8.06. The van der Waals surface area contributed by atoms with Crippen LogP contribution in [-0.4, -0.2) is 49.3 Å². The Morgan fingerprint density at radius 2 is 1.88 bits per heavy atom. The van der Waals surface area contributed by atoms with Gasteiger partial charge in [0, 0.05) is 19.1 Å². The summed E-state index contributed by atoms with van der Waals surface area (Å²) in [7, 11) is 0. The largest absolute Gasteiger partial charge is 0.373 e. The molecule has 1 N–H and O–H groups in total. The van der Waals surface area contributed by atoms with Crippen LogP contribution in [0.25, 0.3) is 0 Å². The highest BCUT2D eigenvalue weighted by Crippen LogP contribution is 2.12. The average Bonchev–Trinajstić information content (AvgIpc) is 2.23. The molecule has 1 aliphatic rings. The van der Waals surface area contributed by atoms with E-state index in [-0.39, 0.29) is 0 Å². The zero-order valence-electron chi connectivity index (χ0n) is 12.0. The third-order valence-electron chi connectivity index (χ3n) is 3.41. The maximum atomic E-state index is 5.74. The van der Waals surface area contributed by atoms with Gasteiger partial charge in [0.25, 0.3) is 0 Å². The molecule has 0 bridgehead atoms. The number of rotatable bonds is 7. The molecule has 17 heavy (non-hydrogen) atoms. The lowest BCUT2D eigenvalue weighted by atomic mass is 10.1. The zero-order valence-corrected chi connectivity index (χ0v) is 12.0. The molecule has 3 nitrogen and oxygen atoms in total. The number of hydrogen-bond donors (Lipinski definition) is 1. The summed E-state index contributed by atoms with van der Waals surface area (Å²) in [5, 5.41) is 3.46. The van der Waals surface area contributed by atoms with Gasteiger partial charge in [0.15, 0.2) is 0 Å². The molecule has 0 aromatic heterocycles. The van der Waals surface area contributed by atoms with Crippen molar-refractivity contribution in [1.29, 1.82) is 0 Å². The summed E-state index contributed by atoms with van der Waals surface area (Å²) < 4.78 is 5.74. The van der Waals surface area contributed by atoms with E-state index < -0.39 is 0 Å². The minimum atomic E-state index is 0.402. The molecule has 0 aliphatic carbocycles. The van der Waals surface area contributed by atoms with E-state index in [9.17, 15) is 0 Å². The number of nitrogens with one attached hydrogen (secondary N) is 1. The van der Waals surface area contributed by atoms with Gasteiger partial charge in [0.1, 0.15) is 0 Å². The van der Waals surface area contributed by atoms with Gasteiger partial charge in [-0.15, -0.1) is 0 Å². The first-order valence-corrected chi connectivity index (χ1v) is 7.23. The lowest BCUT2D eigenvalue weighted by molar-refractivity contribution is -0.0682. The summed E-state index contributed by atoms with van der Waals surface area (Å²) in [5.41, 5.74) is 0. The lowest BCUT2D eigenvalue weighted by Crippen LogP contribution is -2.45. The van der Waals surface area contributed by atoms with E-state index in [2.05, 4.69) is 37.9 Å². The van der Waals surface area contributed by atoms with Crippen LogP contribution in [0.15, 0.2) is 0 Å². The third kappa shape index (κ3) is 6.39. The molecule has 1 fully saturated rings. The number of hydrogen-bond acceptors (Lipinski definition) is 3. The molecular weight excluding hydrogens is 212 g/mol. The SMILES string of the molecule is CCNC(C)CCCCN1CC(C)OC(C)C1. The third-order valence-corrected chi connectivity index (χ3v) is 3.41. The molecule has 0 aromatic rings. The van der Waals surface area contributed by atoms with Crippen LogP contribution >= 0.6 is 0 Å². The first kappa shape index (κ1) is 14.9. The maximum Gasteiger partial charge on any atom is 0.0678 e. The Bertz CT molecular complexity index is 189. The quantitative estimate of drug-likeness (QED) is 0.693. The molecular formula is C14H30N2O. The molecule has 0 aromatic carbocycles. The van der Waals surface area contributed by atoms with E-state index in [1.165, 1.54) is 25.8 Å². The van der Waals surface area contributed by atoms with E-state index >= 15 is 0 Å². The second-order valence-corrected chi connectivity index (χ2v) is 5.47. The van der Waals surface area contributed by atoms with Gasteiger partial charge in [-0.1, -0.05) is 13.3 Å². The predicted molar refractivity (Wildman–Crippen MR) is 73.4 cm³/mol. The van der Waals surface area contributed by atoms with Gasteiger partial charge in [-0.3, -0.25) is 4.90 Å². The molecule has 0 radical (unpaired) electrons. The normalized spacial score (nSPS) is 28.2. The molecule has 1 heterocycles. The van der Waals surface area contributed by atoms with Gasteiger partial charge in [0.2, 0.25) is 0 Å². The van der Waals surface area contributed by atoms with Crippen molar-refractivity contribution in [2.75, 3.05) is 26.2 Å². The molecule has 0 saturated carbocycles. The van der Waals surface area contributed by atoms with Gasteiger partial charge >= 0.3 is 0 Å². The van der Waals surface area contributed by atoms with Crippen LogP contribution in [0.1, 0.15) is 47.0 Å². The maximum absolute atomic E-state index is 5.74. The number of ether oxygens (including phenoxy) is 1. The number of unbranched alkanes of at least 4 members (excludes halogenated alkanes) is 1. The van der Waals surface area contributed by atoms with Crippen LogP contribution in [0, 0.1) is 0 Å². The predicted octanol–water partition coefficient (Wildman–Crippen LogP) is 2.26. The topological polar surface area (TPSA) is 24.5 Å². The minimum absolute atomic E-state index is 0.402. The van der Waals surface area contributed by atoms with Gasteiger partial charge in [0.05, 0.1) is 12.2 Å². The number of nitrogens with zero attached hydrogens (tertiary/aromatic N) is 1. The first-order chi connectivity index (χ1) is 8.11.